The van der Waals surface area contributed by atoms with Gasteiger partial charge in [-0.3, -0.25) is 0 Å². The molecule has 82 valence electrons. The zero-order valence-electron chi connectivity index (χ0n) is 9.34. The molecule has 1 N–H and O–H groups in total. The average Bonchev–Trinajstić information content (AvgIpc) is 2.71. The predicted octanol–water partition coefficient (Wildman–Crippen LogP) is 2.88. The highest BCUT2D eigenvalue weighted by Gasteiger charge is 2.10. The lowest BCUT2D eigenvalue weighted by molar-refractivity contribution is 0.283. The summed E-state index contributed by atoms with van der Waals surface area (Å²) >= 11 is 0. The number of unbranched alkanes of at least 4 members (excludes halogenated alkanes) is 2. The third kappa shape index (κ3) is 2.82. The second kappa shape index (κ2) is 5.32. The molecule has 0 amide bonds. The summed E-state index contributed by atoms with van der Waals surface area (Å²) in [6.07, 6.45) is 8.37. The van der Waals surface area contributed by atoms with Gasteiger partial charge < -0.3 is 5.11 Å². The van der Waals surface area contributed by atoms with Crippen molar-refractivity contribution >= 4 is 0 Å². The van der Waals surface area contributed by atoms with Gasteiger partial charge in [0.15, 0.2) is 0 Å². The number of hydrogen-bond acceptors (Lipinski definition) is 1. The van der Waals surface area contributed by atoms with Crippen molar-refractivity contribution < 1.29 is 5.11 Å². The van der Waals surface area contributed by atoms with Gasteiger partial charge in [0.2, 0.25) is 0 Å². The van der Waals surface area contributed by atoms with Crippen molar-refractivity contribution in [2.24, 2.45) is 0 Å². The van der Waals surface area contributed by atoms with Gasteiger partial charge in [-0.2, -0.15) is 0 Å². The second-order valence-corrected chi connectivity index (χ2v) is 4.49. The molecule has 1 aromatic rings. The van der Waals surface area contributed by atoms with Crippen LogP contribution in [0.1, 0.15) is 42.4 Å². The molecular formula is C14H20O. The normalized spacial score (nSPS) is 14.2. The number of aryl methyl sites for hydroxylation is 3. The molecule has 1 aliphatic carbocycles. The molecule has 0 bridgehead atoms. The van der Waals surface area contributed by atoms with Gasteiger partial charge in [0, 0.05) is 6.61 Å². The number of benzene rings is 1. The summed E-state index contributed by atoms with van der Waals surface area (Å²) in [5.74, 6) is 0. The van der Waals surface area contributed by atoms with Crippen LogP contribution in [0.15, 0.2) is 18.2 Å². The number of hydrogen-bond donors (Lipinski definition) is 1. The van der Waals surface area contributed by atoms with Crippen molar-refractivity contribution in [3.8, 4) is 0 Å². The van der Waals surface area contributed by atoms with E-state index in [1.165, 1.54) is 37.7 Å². The van der Waals surface area contributed by atoms with Crippen LogP contribution >= 0.6 is 0 Å². The molecule has 1 nitrogen and oxygen atoms in total. The second-order valence-electron chi connectivity index (χ2n) is 4.49. The van der Waals surface area contributed by atoms with Crippen LogP contribution in [0.4, 0.5) is 0 Å². The Hall–Kier alpha value is -0.820. The minimum absolute atomic E-state index is 0.337. The summed E-state index contributed by atoms with van der Waals surface area (Å²) in [4.78, 5) is 0. The van der Waals surface area contributed by atoms with Gasteiger partial charge in [-0.1, -0.05) is 24.6 Å². The predicted molar refractivity (Wildman–Crippen MR) is 63.1 cm³/mol. The van der Waals surface area contributed by atoms with Gasteiger partial charge in [-0.25, -0.2) is 0 Å². The van der Waals surface area contributed by atoms with E-state index in [9.17, 15) is 0 Å². The third-order valence-electron chi connectivity index (χ3n) is 3.29. The van der Waals surface area contributed by atoms with Gasteiger partial charge in [0.1, 0.15) is 0 Å². The van der Waals surface area contributed by atoms with E-state index >= 15 is 0 Å². The minimum Gasteiger partial charge on any atom is -0.396 e. The van der Waals surface area contributed by atoms with Crippen LogP contribution in [0, 0.1) is 0 Å². The Balaban J connectivity index is 1.87. The zero-order valence-corrected chi connectivity index (χ0v) is 9.34. The maximum Gasteiger partial charge on any atom is 0.0431 e. The van der Waals surface area contributed by atoms with Crippen LogP contribution in [-0.2, 0) is 19.3 Å². The molecule has 0 saturated heterocycles. The Bertz CT molecular complexity index is 317. The molecule has 1 heteroatoms. The fourth-order valence-electron chi connectivity index (χ4n) is 2.40. The zero-order chi connectivity index (χ0) is 10.5. The van der Waals surface area contributed by atoms with E-state index in [-0.39, 0.29) is 0 Å². The molecule has 1 aromatic carbocycles. The smallest absolute Gasteiger partial charge is 0.0431 e. The first kappa shape index (κ1) is 10.7. The van der Waals surface area contributed by atoms with Crippen molar-refractivity contribution in [2.75, 3.05) is 6.61 Å². The summed E-state index contributed by atoms with van der Waals surface area (Å²) in [5, 5.41) is 8.69. The van der Waals surface area contributed by atoms with E-state index in [0.717, 1.165) is 12.8 Å². The first-order chi connectivity index (χ1) is 7.40. The molecule has 1 aliphatic rings. The lowest BCUT2D eigenvalue weighted by Gasteiger charge is -2.04. The molecule has 0 fully saturated rings. The first-order valence-corrected chi connectivity index (χ1v) is 6.11. The van der Waals surface area contributed by atoms with Crippen LogP contribution in [0.25, 0.3) is 0 Å². The number of fused-ring (bicyclic) bond motifs is 1. The van der Waals surface area contributed by atoms with Crippen molar-refractivity contribution in [1.82, 2.24) is 0 Å². The van der Waals surface area contributed by atoms with Crippen molar-refractivity contribution in [1.29, 1.82) is 0 Å². The van der Waals surface area contributed by atoms with Crippen LogP contribution < -0.4 is 0 Å². The van der Waals surface area contributed by atoms with Gasteiger partial charge in [0.05, 0.1) is 0 Å². The first-order valence-electron chi connectivity index (χ1n) is 6.11. The molecule has 0 aliphatic heterocycles. The number of aliphatic hydroxyl groups is 1. The highest BCUT2D eigenvalue weighted by atomic mass is 16.2. The Morgan fingerprint density at radius 3 is 2.73 bits per heavy atom. The van der Waals surface area contributed by atoms with Crippen LogP contribution in [0.2, 0.25) is 0 Å². The van der Waals surface area contributed by atoms with Crippen molar-refractivity contribution in [3.63, 3.8) is 0 Å². The highest BCUT2D eigenvalue weighted by Crippen LogP contribution is 2.23. The van der Waals surface area contributed by atoms with Crippen LogP contribution in [0.3, 0.4) is 0 Å². The molecule has 0 saturated carbocycles. The Labute approximate surface area is 92.1 Å². The Kier molecular flexibility index (Phi) is 3.79. The number of aliphatic hydroxyl groups excluding tert-OH is 1. The molecule has 15 heavy (non-hydrogen) atoms. The highest BCUT2D eigenvalue weighted by molar-refractivity contribution is 5.35. The summed E-state index contributed by atoms with van der Waals surface area (Å²) in [6.45, 7) is 0.337. The monoisotopic (exact) mass is 204 g/mol. The van der Waals surface area contributed by atoms with Gasteiger partial charge in [0.25, 0.3) is 0 Å². The maximum atomic E-state index is 8.69. The van der Waals surface area contributed by atoms with E-state index < -0.39 is 0 Å². The lowest BCUT2D eigenvalue weighted by Crippen LogP contribution is -1.90. The molecule has 0 aromatic heterocycles. The van der Waals surface area contributed by atoms with Crippen LogP contribution in [-0.4, -0.2) is 11.7 Å². The minimum atomic E-state index is 0.337. The quantitative estimate of drug-likeness (QED) is 0.731. The lowest BCUT2D eigenvalue weighted by atomic mass is 10.0. The summed E-state index contributed by atoms with van der Waals surface area (Å²) in [7, 11) is 0. The van der Waals surface area contributed by atoms with Gasteiger partial charge in [-0.15, -0.1) is 0 Å². The molecular weight excluding hydrogens is 184 g/mol. The molecule has 2 rings (SSSR count). The summed E-state index contributed by atoms with van der Waals surface area (Å²) in [6, 6.07) is 6.98. The number of rotatable bonds is 5. The average molecular weight is 204 g/mol. The van der Waals surface area contributed by atoms with Gasteiger partial charge >= 0.3 is 0 Å². The molecule has 0 atom stereocenters. The third-order valence-corrected chi connectivity index (χ3v) is 3.29. The van der Waals surface area contributed by atoms with Gasteiger partial charge in [-0.05, 0) is 55.2 Å². The Morgan fingerprint density at radius 1 is 1.00 bits per heavy atom. The SMILES string of the molecule is OCCCCCc1ccc2c(c1)CCC2. The fraction of sp³-hybridized carbons (Fsp3) is 0.571. The fourth-order valence-corrected chi connectivity index (χ4v) is 2.40. The van der Waals surface area contributed by atoms with Crippen LogP contribution in [0.5, 0.6) is 0 Å². The Morgan fingerprint density at radius 2 is 1.87 bits per heavy atom. The summed E-state index contributed by atoms with van der Waals surface area (Å²) in [5.41, 5.74) is 4.62. The van der Waals surface area contributed by atoms with Crippen molar-refractivity contribution in [3.05, 3.63) is 34.9 Å². The standard InChI is InChI=1S/C14H20O/c15-10-3-1-2-5-12-8-9-13-6-4-7-14(13)11-12/h8-9,11,15H,1-7,10H2. The largest absolute Gasteiger partial charge is 0.396 e. The molecule has 0 radical (unpaired) electrons. The molecule has 0 heterocycles. The van der Waals surface area contributed by atoms with Crippen molar-refractivity contribution in [2.45, 2.75) is 44.9 Å². The topological polar surface area (TPSA) is 20.2 Å². The molecule has 0 unspecified atom stereocenters. The summed E-state index contributed by atoms with van der Waals surface area (Å²) < 4.78 is 0. The van der Waals surface area contributed by atoms with E-state index in [1.807, 2.05) is 0 Å². The van der Waals surface area contributed by atoms with E-state index in [1.54, 1.807) is 11.1 Å². The molecule has 0 spiro atoms. The maximum absolute atomic E-state index is 8.69. The van der Waals surface area contributed by atoms with E-state index in [4.69, 9.17) is 5.11 Å². The van der Waals surface area contributed by atoms with E-state index in [2.05, 4.69) is 18.2 Å². The van der Waals surface area contributed by atoms with E-state index in [0.29, 0.717) is 6.61 Å².